The zero-order valence-corrected chi connectivity index (χ0v) is 24.8. The molecule has 1 saturated heterocycles. The lowest BCUT2D eigenvalue weighted by Gasteiger charge is -2.50. The summed E-state index contributed by atoms with van der Waals surface area (Å²) >= 11 is 0.954. The number of aliphatic carboxylic acids is 1. The largest absolute Gasteiger partial charge is 0.489 e. The molecule has 1 aromatic carbocycles. The first-order valence-corrected chi connectivity index (χ1v) is 14.9. The second kappa shape index (κ2) is 12.9. The molecule has 44 heavy (non-hydrogen) atoms. The predicted octanol–water partition coefficient (Wildman–Crippen LogP) is -0.263. The maximum atomic E-state index is 13.2. The molecule has 0 bridgehead atoms. The topological polar surface area (TPSA) is 271 Å². The van der Waals surface area contributed by atoms with Crippen molar-refractivity contribution in [1.82, 2.24) is 20.3 Å². The van der Waals surface area contributed by atoms with E-state index < -0.39 is 58.2 Å². The van der Waals surface area contributed by atoms with Gasteiger partial charge in [-0.3, -0.25) is 14.1 Å². The summed E-state index contributed by atoms with van der Waals surface area (Å²) in [7, 11) is -5.02. The number of oxime groups is 1. The fourth-order valence-electron chi connectivity index (χ4n) is 3.95. The standard InChI is InChI=1S/C24H28N8O10S2/c1-24(2)19(21(34)32(24)42-44(37,38)39)30-20(33)18(15-11-43-23(26)29-15)31-41-16(22(35)36)10-40-13-4-5-14-12(9-13)3-6-17(28-14)27-8-7-25/h3-6,9,11,16,19H,7-8,10,25H2,1-2H3,(H2,26,29)(H,27,28)(H,30,33)(H,35,36)(H,37,38,39)/b31-18-/t16-,19?/m0/s1. The van der Waals surface area contributed by atoms with Gasteiger partial charge in [0.1, 0.15) is 29.9 Å². The van der Waals surface area contributed by atoms with Crippen LogP contribution in [0.5, 0.6) is 5.75 Å². The van der Waals surface area contributed by atoms with Crippen molar-refractivity contribution in [2.24, 2.45) is 10.9 Å². The fraction of sp³-hybridized carbons (Fsp3) is 0.333. The van der Waals surface area contributed by atoms with Crippen molar-refractivity contribution in [3.8, 4) is 5.75 Å². The van der Waals surface area contributed by atoms with E-state index in [0.717, 1.165) is 16.7 Å². The number of aromatic nitrogens is 2. The van der Waals surface area contributed by atoms with E-state index in [1.807, 2.05) is 0 Å². The number of nitrogens with zero attached hydrogens (tertiary/aromatic N) is 4. The van der Waals surface area contributed by atoms with E-state index in [4.69, 9.17) is 25.6 Å². The molecule has 3 aromatic rings. The average Bonchev–Trinajstić information content (AvgIpc) is 3.39. The summed E-state index contributed by atoms with van der Waals surface area (Å²) in [6.07, 6.45) is -1.69. The van der Waals surface area contributed by atoms with E-state index in [9.17, 15) is 27.9 Å². The second-order valence-electron chi connectivity index (χ2n) is 9.72. The van der Waals surface area contributed by atoms with Gasteiger partial charge >= 0.3 is 16.4 Å². The highest BCUT2D eigenvalue weighted by molar-refractivity contribution is 7.80. The van der Waals surface area contributed by atoms with Gasteiger partial charge in [0.2, 0.25) is 0 Å². The minimum Gasteiger partial charge on any atom is -0.489 e. The van der Waals surface area contributed by atoms with Crippen LogP contribution in [0.15, 0.2) is 40.9 Å². The molecule has 1 unspecified atom stereocenters. The summed E-state index contributed by atoms with van der Waals surface area (Å²) in [6.45, 7) is 3.20. The zero-order chi connectivity index (χ0) is 32.2. The SMILES string of the molecule is CC1(C)C(NC(=O)/C(=N\O[C@@H](COc2ccc3nc(NCCN)ccc3c2)C(=O)O)c2csc(N)n2)C(=O)N1OS(=O)(=O)O. The molecule has 3 heterocycles. The number of carboxylic acids is 1. The third-order valence-electron chi connectivity index (χ3n) is 6.16. The smallest absolute Gasteiger partial charge is 0.418 e. The minimum atomic E-state index is -5.02. The molecule has 2 aromatic heterocycles. The van der Waals surface area contributed by atoms with Gasteiger partial charge in [-0.1, -0.05) is 5.16 Å². The lowest BCUT2D eigenvalue weighted by atomic mass is 9.84. The maximum absolute atomic E-state index is 13.2. The van der Waals surface area contributed by atoms with Crippen molar-refractivity contribution in [2.45, 2.75) is 31.5 Å². The number of fused-ring (bicyclic) bond motifs is 1. The Morgan fingerprint density at radius 3 is 2.61 bits per heavy atom. The van der Waals surface area contributed by atoms with Crippen LogP contribution in [0.3, 0.4) is 0 Å². The van der Waals surface area contributed by atoms with Crippen LogP contribution in [0.4, 0.5) is 10.9 Å². The molecule has 20 heteroatoms. The lowest BCUT2D eigenvalue weighted by molar-refractivity contribution is -0.218. The first-order chi connectivity index (χ1) is 20.7. The monoisotopic (exact) mass is 652 g/mol. The number of carboxylic acid groups (broad SMARTS) is 1. The van der Waals surface area contributed by atoms with Crippen LogP contribution < -0.4 is 26.8 Å². The van der Waals surface area contributed by atoms with Crippen molar-refractivity contribution < 1.29 is 46.3 Å². The molecule has 1 aliphatic rings. The van der Waals surface area contributed by atoms with Crippen LogP contribution in [0.1, 0.15) is 19.5 Å². The van der Waals surface area contributed by atoms with Crippen LogP contribution in [0.25, 0.3) is 10.9 Å². The van der Waals surface area contributed by atoms with E-state index in [0.29, 0.717) is 35.2 Å². The number of carbonyl (C=O) groups is 3. The number of pyridine rings is 1. The number of hydrogen-bond donors (Lipinski definition) is 6. The number of hydrogen-bond acceptors (Lipinski definition) is 15. The maximum Gasteiger partial charge on any atom is 0.418 e. The number of nitrogen functional groups attached to an aromatic ring is 1. The Labute approximate surface area is 253 Å². The van der Waals surface area contributed by atoms with E-state index in [1.54, 1.807) is 30.3 Å². The molecule has 1 aliphatic heterocycles. The molecule has 0 saturated carbocycles. The number of carbonyl (C=O) groups excluding carboxylic acids is 2. The van der Waals surface area contributed by atoms with Gasteiger partial charge in [0, 0.05) is 23.9 Å². The van der Waals surface area contributed by atoms with E-state index >= 15 is 0 Å². The molecular formula is C24H28N8O10S2. The van der Waals surface area contributed by atoms with Crippen LogP contribution in [-0.2, 0) is 33.9 Å². The highest BCUT2D eigenvalue weighted by Gasteiger charge is 2.58. The Hall–Kier alpha value is -4.63. The molecule has 8 N–H and O–H groups in total. The molecule has 4 rings (SSSR count). The van der Waals surface area contributed by atoms with Crippen molar-refractivity contribution >= 4 is 67.1 Å². The number of amides is 2. The van der Waals surface area contributed by atoms with Gasteiger partial charge in [-0.15, -0.1) is 15.6 Å². The van der Waals surface area contributed by atoms with Gasteiger partial charge in [-0.05, 0) is 44.2 Å². The molecule has 0 spiro atoms. The summed E-state index contributed by atoms with van der Waals surface area (Å²) in [4.78, 5) is 51.2. The van der Waals surface area contributed by atoms with Crippen LogP contribution in [0, 0.1) is 0 Å². The summed E-state index contributed by atoms with van der Waals surface area (Å²) in [5.41, 5.74) is 9.79. The number of β-lactam (4-membered cyclic amide) rings is 1. The van der Waals surface area contributed by atoms with Gasteiger partial charge < -0.3 is 36.8 Å². The second-order valence-corrected chi connectivity index (χ2v) is 11.6. The Bertz CT molecular complexity index is 1710. The first kappa shape index (κ1) is 32.3. The molecule has 2 atom stereocenters. The lowest BCUT2D eigenvalue weighted by Crippen LogP contribution is -2.76. The molecule has 0 radical (unpaired) electrons. The number of hydroxylamine groups is 2. The summed E-state index contributed by atoms with van der Waals surface area (Å²) in [6, 6.07) is 7.17. The Kier molecular flexibility index (Phi) is 9.49. The van der Waals surface area contributed by atoms with Crippen molar-refractivity contribution in [1.29, 1.82) is 0 Å². The van der Waals surface area contributed by atoms with Gasteiger partial charge in [-0.25, -0.2) is 14.8 Å². The number of nitrogens with two attached hydrogens (primary N) is 2. The first-order valence-electron chi connectivity index (χ1n) is 12.7. The average molecular weight is 653 g/mol. The Balaban J connectivity index is 1.48. The van der Waals surface area contributed by atoms with Gasteiger partial charge in [0.15, 0.2) is 10.8 Å². The van der Waals surface area contributed by atoms with E-state index in [-0.39, 0.29) is 10.8 Å². The van der Waals surface area contributed by atoms with Crippen LogP contribution >= 0.6 is 11.3 Å². The highest BCUT2D eigenvalue weighted by Crippen LogP contribution is 2.33. The number of nitrogens with one attached hydrogen (secondary N) is 2. The number of rotatable bonds is 14. The van der Waals surface area contributed by atoms with E-state index in [2.05, 4.69) is 30.0 Å². The quantitative estimate of drug-likeness (QED) is 0.0566. The summed E-state index contributed by atoms with van der Waals surface area (Å²) in [5.74, 6) is -2.53. The molecule has 2 amide bonds. The number of ether oxygens (including phenoxy) is 1. The molecule has 18 nitrogen and oxygen atoms in total. The number of thiazole rings is 1. The summed E-state index contributed by atoms with van der Waals surface area (Å²) in [5, 5.41) is 21.3. The number of benzene rings is 1. The van der Waals surface area contributed by atoms with Crippen LogP contribution in [-0.4, -0.2) is 94.0 Å². The highest BCUT2D eigenvalue weighted by atomic mass is 32.3. The third kappa shape index (κ3) is 7.47. The Morgan fingerprint density at radius 1 is 1.25 bits per heavy atom. The third-order valence-corrected chi connectivity index (χ3v) is 7.17. The van der Waals surface area contributed by atoms with Gasteiger partial charge in [0.25, 0.3) is 17.9 Å². The summed E-state index contributed by atoms with van der Waals surface area (Å²) < 4.78 is 40.9. The predicted molar refractivity (Wildman–Crippen MR) is 156 cm³/mol. The zero-order valence-electron chi connectivity index (χ0n) is 23.2. The Morgan fingerprint density at radius 2 is 2.00 bits per heavy atom. The van der Waals surface area contributed by atoms with Gasteiger partial charge in [0.05, 0.1) is 11.1 Å². The molecule has 0 aliphatic carbocycles. The minimum absolute atomic E-state index is 0.0551. The molecule has 1 fully saturated rings. The van der Waals surface area contributed by atoms with Gasteiger partial charge in [-0.2, -0.15) is 13.5 Å². The fourth-order valence-corrected chi connectivity index (χ4v) is 4.95. The number of anilines is 2. The van der Waals surface area contributed by atoms with Crippen molar-refractivity contribution in [3.05, 3.63) is 41.4 Å². The molecule has 236 valence electrons. The van der Waals surface area contributed by atoms with E-state index in [1.165, 1.54) is 19.2 Å². The van der Waals surface area contributed by atoms with Crippen molar-refractivity contribution in [2.75, 3.05) is 30.7 Å². The normalized spacial score (nSPS) is 17.1. The molecular weight excluding hydrogens is 624 g/mol. The van der Waals surface area contributed by atoms with Crippen LogP contribution in [0.2, 0.25) is 0 Å². The van der Waals surface area contributed by atoms with Crippen molar-refractivity contribution in [3.63, 3.8) is 0 Å².